The lowest BCUT2D eigenvalue weighted by Crippen LogP contribution is -2.37. The van der Waals surface area contributed by atoms with Crippen LogP contribution in [0.2, 0.25) is 0 Å². The summed E-state index contributed by atoms with van der Waals surface area (Å²) in [7, 11) is -2.25. The highest BCUT2D eigenvalue weighted by Crippen LogP contribution is 2.20. The number of methoxy groups -OCH3 is 1. The maximum Gasteiger partial charge on any atom is 0.321 e. The third-order valence-electron chi connectivity index (χ3n) is 3.26. The van der Waals surface area contributed by atoms with Crippen LogP contribution in [0.3, 0.4) is 0 Å². The molecule has 0 atom stereocenters. The number of carbonyl (C=O) groups excluding carboxylic acids is 1. The van der Waals surface area contributed by atoms with E-state index in [1.165, 1.54) is 23.5 Å². The zero-order valence-electron chi connectivity index (χ0n) is 14.1. The molecule has 0 saturated carbocycles. The molecule has 0 amide bonds. The number of rotatable bonds is 9. The van der Waals surface area contributed by atoms with Gasteiger partial charge >= 0.3 is 5.97 Å². The van der Waals surface area contributed by atoms with E-state index in [9.17, 15) is 13.2 Å². The molecule has 6 nitrogen and oxygen atoms in total. The van der Waals surface area contributed by atoms with Gasteiger partial charge in [0.1, 0.15) is 12.3 Å². The maximum absolute atomic E-state index is 12.8. The van der Waals surface area contributed by atoms with Gasteiger partial charge in [-0.2, -0.15) is 4.31 Å². The van der Waals surface area contributed by atoms with Crippen LogP contribution in [0.25, 0.3) is 0 Å². The van der Waals surface area contributed by atoms with Gasteiger partial charge in [-0.3, -0.25) is 4.79 Å². The number of hydrogen-bond acceptors (Lipinski definition) is 5. The van der Waals surface area contributed by atoms with Crippen LogP contribution < -0.4 is 4.74 Å². The fourth-order valence-corrected chi connectivity index (χ4v) is 3.33. The summed E-state index contributed by atoms with van der Waals surface area (Å²) in [5.74, 6) is 0.349. The molecule has 0 aliphatic carbocycles. The van der Waals surface area contributed by atoms with Gasteiger partial charge in [0, 0.05) is 6.54 Å². The number of sulfonamides is 1. The Balaban J connectivity index is 3.02. The second-order valence-corrected chi connectivity index (χ2v) is 7.44. The standard InChI is InChI=1S/C16H25NO5S/c1-5-22-16(18)12-17(11-10-13(2)3)23(19,20)15-8-6-14(21-4)7-9-15/h6-9,13H,5,10-12H2,1-4H3. The summed E-state index contributed by atoms with van der Waals surface area (Å²) < 4.78 is 36.6. The fourth-order valence-electron chi connectivity index (χ4n) is 1.93. The largest absolute Gasteiger partial charge is 0.497 e. The molecule has 0 spiro atoms. The molecule has 1 aromatic rings. The highest BCUT2D eigenvalue weighted by molar-refractivity contribution is 7.89. The molecule has 0 radical (unpaired) electrons. The quantitative estimate of drug-likeness (QED) is 0.643. The number of nitrogens with zero attached hydrogens (tertiary/aromatic N) is 1. The molecular formula is C16H25NO5S. The van der Waals surface area contributed by atoms with E-state index in [1.807, 2.05) is 13.8 Å². The van der Waals surface area contributed by atoms with Crippen molar-refractivity contribution in [2.75, 3.05) is 26.8 Å². The molecule has 0 aliphatic heterocycles. The fraction of sp³-hybridized carbons (Fsp3) is 0.562. The van der Waals surface area contributed by atoms with Gasteiger partial charge in [0.25, 0.3) is 0 Å². The summed E-state index contributed by atoms with van der Waals surface area (Å²) in [6.07, 6.45) is 0.661. The summed E-state index contributed by atoms with van der Waals surface area (Å²) in [5, 5.41) is 0. The van der Waals surface area contributed by atoms with Crippen molar-refractivity contribution in [1.82, 2.24) is 4.31 Å². The van der Waals surface area contributed by atoms with E-state index < -0.39 is 16.0 Å². The first-order valence-electron chi connectivity index (χ1n) is 7.61. The van der Waals surface area contributed by atoms with Crippen LogP contribution in [-0.2, 0) is 19.6 Å². The van der Waals surface area contributed by atoms with E-state index in [0.717, 1.165) is 0 Å². The molecule has 0 fully saturated rings. The number of carbonyl (C=O) groups is 1. The van der Waals surface area contributed by atoms with Crippen LogP contribution in [0.1, 0.15) is 27.2 Å². The number of esters is 1. The van der Waals surface area contributed by atoms with Crippen LogP contribution >= 0.6 is 0 Å². The molecule has 0 saturated heterocycles. The third-order valence-corrected chi connectivity index (χ3v) is 5.12. The Morgan fingerprint density at radius 2 is 1.83 bits per heavy atom. The molecule has 0 aliphatic rings. The summed E-state index contributed by atoms with van der Waals surface area (Å²) in [6, 6.07) is 6.11. The molecule has 1 rings (SSSR count). The van der Waals surface area contributed by atoms with Crippen LogP contribution in [0.4, 0.5) is 0 Å². The summed E-state index contributed by atoms with van der Waals surface area (Å²) in [6.45, 7) is 5.90. The normalized spacial score (nSPS) is 11.7. The van der Waals surface area contributed by atoms with Gasteiger partial charge in [-0.25, -0.2) is 8.42 Å². The Hall–Kier alpha value is -1.60. The minimum absolute atomic E-state index is 0.131. The molecule has 0 unspecified atom stereocenters. The van der Waals surface area contributed by atoms with Crippen molar-refractivity contribution in [2.45, 2.75) is 32.1 Å². The van der Waals surface area contributed by atoms with Crippen molar-refractivity contribution in [3.8, 4) is 5.75 Å². The first-order chi connectivity index (χ1) is 10.8. The monoisotopic (exact) mass is 343 g/mol. The summed E-state index contributed by atoms with van der Waals surface area (Å²) >= 11 is 0. The average molecular weight is 343 g/mol. The van der Waals surface area contributed by atoms with Gasteiger partial charge < -0.3 is 9.47 Å². The van der Waals surface area contributed by atoms with Crippen molar-refractivity contribution in [1.29, 1.82) is 0 Å². The van der Waals surface area contributed by atoms with E-state index in [0.29, 0.717) is 18.1 Å². The SMILES string of the molecule is CCOC(=O)CN(CCC(C)C)S(=O)(=O)c1ccc(OC)cc1. The molecule has 0 N–H and O–H groups in total. The predicted octanol–water partition coefficient (Wildman–Crippen LogP) is 2.30. The van der Waals surface area contributed by atoms with Gasteiger partial charge in [0.05, 0.1) is 18.6 Å². The van der Waals surface area contributed by atoms with Crippen LogP contribution in [-0.4, -0.2) is 45.5 Å². The predicted molar refractivity (Wildman–Crippen MR) is 87.8 cm³/mol. The Morgan fingerprint density at radius 3 is 2.30 bits per heavy atom. The molecule has 0 aromatic heterocycles. The number of hydrogen-bond donors (Lipinski definition) is 0. The van der Waals surface area contributed by atoms with Crippen LogP contribution in [0.5, 0.6) is 5.75 Å². The third kappa shape index (κ3) is 5.84. The maximum atomic E-state index is 12.8. The second-order valence-electron chi connectivity index (χ2n) is 5.50. The molecule has 1 aromatic carbocycles. The lowest BCUT2D eigenvalue weighted by Gasteiger charge is -2.22. The molecule has 0 heterocycles. The minimum atomic E-state index is -3.76. The topological polar surface area (TPSA) is 72.9 Å². The smallest absolute Gasteiger partial charge is 0.321 e. The van der Waals surface area contributed by atoms with Crippen molar-refractivity contribution in [3.63, 3.8) is 0 Å². The van der Waals surface area contributed by atoms with Crippen molar-refractivity contribution >= 4 is 16.0 Å². The van der Waals surface area contributed by atoms with Crippen LogP contribution in [0.15, 0.2) is 29.2 Å². The van der Waals surface area contributed by atoms with E-state index in [2.05, 4.69) is 0 Å². The Morgan fingerprint density at radius 1 is 1.22 bits per heavy atom. The van der Waals surface area contributed by atoms with Gasteiger partial charge in [-0.1, -0.05) is 13.8 Å². The lowest BCUT2D eigenvalue weighted by atomic mass is 10.1. The molecule has 130 valence electrons. The summed E-state index contributed by atoms with van der Waals surface area (Å²) in [5.41, 5.74) is 0. The van der Waals surface area contributed by atoms with Crippen molar-refractivity contribution in [2.24, 2.45) is 5.92 Å². The Labute approximate surface area is 138 Å². The van der Waals surface area contributed by atoms with Crippen LogP contribution in [0, 0.1) is 5.92 Å². The van der Waals surface area contributed by atoms with Gasteiger partial charge in [0.15, 0.2) is 0 Å². The molecule has 0 bridgehead atoms. The van der Waals surface area contributed by atoms with Crippen molar-refractivity contribution in [3.05, 3.63) is 24.3 Å². The Bertz CT molecular complexity index is 595. The highest BCUT2D eigenvalue weighted by atomic mass is 32.2. The zero-order valence-corrected chi connectivity index (χ0v) is 14.9. The van der Waals surface area contributed by atoms with Gasteiger partial charge in [-0.05, 0) is 43.5 Å². The van der Waals surface area contributed by atoms with E-state index in [-0.39, 0.29) is 24.6 Å². The molecular weight excluding hydrogens is 318 g/mol. The minimum Gasteiger partial charge on any atom is -0.497 e. The number of benzene rings is 1. The molecule has 23 heavy (non-hydrogen) atoms. The number of ether oxygens (including phenoxy) is 2. The Kier molecular flexibility index (Phi) is 7.51. The summed E-state index contributed by atoms with van der Waals surface area (Å²) in [4.78, 5) is 11.9. The second kappa shape index (κ2) is 8.88. The van der Waals surface area contributed by atoms with E-state index in [4.69, 9.17) is 9.47 Å². The molecule has 7 heteroatoms. The first kappa shape index (κ1) is 19.4. The van der Waals surface area contributed by atoms with E-state index in [1.54, 1.807) is 19.1 Å². The zero-order chi connectivity index (χ0) is 17.5. The van der Waals surface area contributed by atoms with Gasteiger partial charge in [-0.15, -0.1) is 0 Å². The van der Waals surface area contributed by atoms with Crippen molar-refractivity contribution < 1.29 is 22.7 Å². The van der Waals surface area contributed by atoms with E-state index >= 15 is 0 Å². The lowest BCUT2D eigenvalue weighted by molar-refractivity contribution is -0.143. The van der Waals surface area contributed by atoms with Gasteiger partial charge in [0.2, 0.25) is 10.0 Å². The highest BCUT2D eigenvalue weighted by Gasteiger charge is 2.27. The first-order valence-corrected chi connectivity index (χ1v) is 9.05. The average Bonchev–Trinajstić information content (AvgIpc) is 2.51.